The molecule has 0 aromatic carbocycles. The summed E-state index contributed by atoms with van der Waals surface area (Å²) in [5, 5.41) is 0. The third kappa shape index (κ3) is 9.63. The van der Waals surface area contributed by atoms with Crippen molar-refractivity contribution in [2.24, 2.45) is 0 Å². The Bertz CT molecular complexity index is 112. The van der Waals surface area contributed by atoms with E-state index < -0.39 is 9.76 Å². The van der Waals surface area contributed by atoms with Crippen LogP contribution >= 0.6 is 46.7 Å². The Morgan fingerprint density at radius 2 is 1.80 bits per heavy atom. The van der Waals surface area contributed by atoms with Gasteiger partial charge in [-0.05, 0) is 0 Å². The first-order valence-corrected chi connectivity index (χ1v) is 3.28. The van der Waals surface area contributed by atoms with Gasteiger partial charge in [-0.1, -0.05) is 34.8 Å². The number of alkyl halides is 3. The molecule has 56 valence electrons. The molecule has 7 heteroatoms. The van der Waals surface area contributed by atoms with Crippen LogP contribution in [-0.2, 0) is 9.08 Å². The molecule has 0 bridgehead atoms. The van der Waals surface area contributed by atoms with E-state index in [9.17, 15) is 4.79 Å². The fraction of sp³-hybridized carbons (Fsp3) is 0.667. The molecule has 0 fully saturated rings. The van der Waals surface area contributed by atoms with Gasteiger partial charge < -0.3 is 4.29 Å². The van der Waals surface area contributed by atoms with Gasteiger partial charge in [0.1, 0.15) is 11.9 Å². The van der Waals surface area contributed by atoms with Crippen molar-refractivity contribution in [3.63, 3.8) is 0 Å². The molecule has 10 heavy (non-hydrogen) atoms. The average Bonchev–Trinajstić information content (AvgIpc) is 1.62. The Morgan fingerprint density at radius 3 is 1.90 bits per heavy atom. The normalized spacial score (nSPS) is 10.0. The van der Waals surface area contributed by atoms with Crippen LogP contribution in [0.2, 0.25) is 0 Å². The maximum atomic E-state index is 10.2. The first-order chi connectivity index (χ1) is 3.95. The number of rotatable bonds is 1. The van der Waals surface area contributed by atoms with Gasteiger partial charge in [0, 0.05) is 0 Å². The molecule has 0 rings (SSSR count). The Kier molecular flexibility index (Phi) is 8.76. The molecule has 0 radical (unpaired) electrons. The molecule has 0 amide bonds. The molecule has 0 unspecified atom stereocenters. The van der Waals surface area contributed by atoms with Crippen molar-refractivity contribution < 1.29 is 9.08 Å². The summed E-state index contributed by atoms with van der Waals surface area (Å²) in [6.45, 7) is 0. The molecule has 0 aromatic rings. The van der Waals surface area contributed by atoms with Gasteiger partial charge in [-0.25, -0.2) is 0 Å². The van der Waals surface area contributed by atoms with Gasteiger partial charge in [0.15, 0.2) is 0 Å². The van der Waals surface area contributed by atoms with Crippen molar-refractivity contribution in [3.05, 3.63) is 0 Å². The van der Waals surface area contributed by atoms with Crippen LogP contribution in [0.15, 0.2) is 0 Å². The Morgan fingerprint density at radius 1 is 1.40 bits per heavy atom. The Hall–Kier alpha value is 1.63. The average molecular weight is 236 g/mol. The van der Waals surface area contributed by atoms with Crippen LogP contribution in [0.3, 0.4) is 0 Å². The summed E-state index contributed by atoms with van der Waals surface area (Å²) in [5.74, 6) is -0.767. The van der Waals surface area contributed by atoms with E-state index in [0.29, 0.717) is 0 Å². The van der Waals surface area contributed by atoms with Crippen LogP contribution in [-0.4, -0.2) is 39.3 Å². The van der Waals surface area contributed by atoms with Crippen LogP contribution in [0, 0.1) is 0 Å². The minimum atomic E-state index is -1.62. The Labute approximate surface area is 101 Å². The fourth-order valence-electron chi connectivity index (χ4n) is 0.191. The zero-order chi connectivity index (χ0) is 7.49. The molecule has 0 aliphatic heterocycles. The maximum absolute atomic E-state index is 10.2. The molecule has 0 aromatic heterocycles. The summed E-state index contributed by atoms with van der Waals surface area (Å²) in [5.41, 5.74) is 0. The molecular weight excluding hydrogens is 233 g/mol. The van der Waals surface area contributed by atoms with Crippen molar-refractivity contribution >= 4 is 82.2 Å². The van der Waals surface area contributed by atoms with Crippen LogP contribution in [0.1, 0.15) is 6.42 Å². The monoisotopic (exact) mass is 234 g/mol. The van der Waals surface area contributed by atoms with Crippen molar-refractivity contribution in [2.45, 2.75) is 10.2 Å². The fourth-order valence-corrected chi connectivity index (χ4v) is 0.573. The molecule has 0 aliphatic carbocycles. The van der Waals surface area contributed by atoms with Crippen LogP contribution in [0.4, 0.5) is 0 Å². The van der Waals surface area contributed by atoms with Crippen molar-refractivity contribution in [3.8, 4) is 0 Å². The van der Waals surface area contributed by atoms with E-state index in [-0.39, 0.29) is 36.0 Å². The van der Waals surface area contributed by atoms with Gasteiger partial charge >= 0.3 is 35.5 Å². The van der Waals surface area contributed by atoms with E-state index in [2.05, 4.69) is 16.2 Å². The summed E-state index contributed by atoms with van der Waals surface area (Å²) in [7, 11) is 0. The first-order valence-electron chi connectivity index (χ1n) is 1.84. The summed E-state index contributed by atoms with van der Waals surface area (Å²) in [6.07, 6.45) is -0.346. The summed E-state index contributed by atoms with van der Waals surface area (Å²) in [6, 6.07) is 0. The summed E-state index contributed by atoms with van der Waals surface area (Å²) >= 11 is 20.2. The second-order valence-corrected chi connectivity index (χ2v) is 3.91. The zero-order valence-corrected chi connectivity index (χ0v) is 7.06. The predicted molar refractivity (Wildman–Crippen MR) is 44.0 cm³/mol. The van der Waals surface area contributed by atoms with Gasteiger partial charge in [0.2, 0.25) is 3.79 Å². The second kappa shape index (κ2) is 6.18. The minimum absolute atomic E-state index is 0. The molecule has 0 aliphatic rings. The SMILES string of the molecule is O=C(CC(Cl)(Cl)Cl)OCl.[NaH]. The van der Waals surface area contributed by atoms with E-state index >= 15 is 0 Å². The van der Waals surface area contributed by atoms with E-state index in [1.807, 2.05) is 0 Å². The van der Waals surface area contributed by atoms with E-state index in [1.165, 1.54) is 0 Å². The quantitative estimate of drug-likeness (QED) is 0.512. The third-order valence-corrected chi connectivity index (χ3v) is 1.00. The predicted octanol–water partition coefficient (Wildman–Crippen LogP) is 1.80. The molecule has 0 heterocycles. The molecule has 2 nitrogen and oxygen atoms in total. The van der Waals surface area contributed by atoms with Crippen LogP contribution in [0.5, 0.6) is 0 Å². The standard InChI is InChI=1S/C3H2Cl4O2.Na.H/c4-3(5,6)1-2(8)9-7;;/h1H2;;. The number of halogens is 4. The first kappa shape index (κ1) is 14.2. The molecular formula is C3H3Cl4NaO2. The Balaban J connectivity index is 0. The number of hydrogen-bond acceptors (Lipinski definition) is 2. The van der Waals surface area contributed by atoms with Gasteiger partial charge in [-0.15, -0.1) is 0 Å². The second-order valence-electron chi connectivity index (χ2n) is 1.24. The third-order valence-electron chi connectivity index (χ3n) is 0.431. The topological polar surface area (TPSA) is 26.3 Å². The summed E-state index contributed by atoms with van der Waals surface area (Å²) in [4.78, 5) is 10.2. The molecule has 0 saturated carbocycles. The van der Waals surface area contributed by atoms with Gasteiger partial charge in [-0.3, -0.25) is 4.79 Å². The van der Waals surface area contributed by atoms with Crippen molar-refractivity contribution in [1.29, 1.82) is 0 Å². The van der Waals surface area contributed by atoms with E-state index in [0.717, 1.165) is 0 Å². The van der Waals surface area contributed by atoms with Gasteiger partial charge in [0.25, 0.3) is 0 Å². The van der Waals surface area contributed by atoms with Gasteiger partial charge in [-0.2, -0.15) is 0 Å². The molecule has 0 N–H and O–H groups in total. The van der Waals surface area contributed by atoms with Crippen molar-refractivity contribution in [2.75, 3.05) is 0 Å². The van der Waals surface area contributed by atoms with Crippen LogP contribution in [0.25, 0.3) is 0 Å². The zero-order valence-electron chi connectivity index (χ0n) is 4.04. The summed E-state index contributed by atoms with van der Waals surface area (Å²) < 4.78 is 2.09. The molecule has 0 spiro atoms. The number of carbonyl (C=O) groups excluding carboxylic acids is 1. The molecule has 0 saturated heterocycles. The van der Waals surface area contributed by atoms with Gasteiger partial charge in [0.05, 0.1) is 6.42 Å². The number of carbonyl (C=O) groups is 1. The van der Waals surface area contributed by atoms with Crippen LogP contribution < -0.4 is 0 Å². The molecule has 0 atom stereocenters. The van der Waals surface area contributed by atoms with E-state index in [1.54, 1.807) is 0 Å². The van der Waals surface area contributed by atoms with Crippen molar-refractivity contribution in [1.82, 2.24) is 0 Å². The van der Waals surface area contributed by atoms with E-state index in [4.69, 9.17) is 34.8 Å². The number of hydrogen-bond donors (Lipinski definition) is 0.